The molecule has 1 atom stereocenters. The SMILES string of the molecule is COc1ccc(C(C(=O)Nc2ccc(OC)cc2OC)N(Cc2ccccc2C)C(=O)Cn2nnc3ccccc32)cc1. The Kier molecular flexibility index (Phi) is 8.85. The summed E-state index contributed by atoms with van der Waals surface area (Å²) in [4.78, 5) is 30.1. The number of ether oxygens (including phenoxy) is 3. The molecule has 10 nitrogen and oxygen atoms in total. The van der Waals surface area contributed by atoms with Crippen LogP contribution in [-0.2, 0) is 22.7 Å². The minimum atomic E-state index is -1.01. The highest BCUT2D eigenvalue weighted by molar-refractivity contribution is 5.99. The standard InChI is InChI=1S/C33H33N5O5/c1-22-9-5-6-10-24(22)20-37(31(39)21-38-29-12-8-7-11-27(29)35-36-38)32(23-13-15-25(41-2)16-14-23)33(40)34-28-18-17-26(42-3)19-30(28)43-4/h5-19,32H,20-21H2,1-4H3,(H,34,40). The molecule has 0 fully saturated rings. The van der Waals surface area contributed by atoms with Crippen molar-refractivity contribution >= 4 is 28.5 Å². The number of fused-ring (bicyclic) bond motifs is 1. The van der Waals surface area contributed by atoms with E-state index in [0.29, 0.717) is 34.0 Å². The van der Waals surface area contributed by atoms with E-state index in [2.05, 4.69) is 15.6 Å². The summed E-state index contributed by atoms with van der Waals surface area (Å²) in [6.07, 6.45) is 0. The average molecular weight is 580 g/mol. The van der Waals surface area contributed by atoms with Gasteiger partial charge in [0.15, 0.2) is 0 Å². The van der Waals surface area contributed by atoms with Gasteiger partial charge in [0, 0.05) is 12.6 Å². The zero-order chi connectivity index (χ0) is 30.3. The van der Waals surface area contributed by atoms with Crippen molar-refractivity contribution in [3.05, 3.63) is 108 Å². The predicted molar refractivity (Wildman–Crippen MR) is 163 cm³/mol. The molecule has 0 aliphatic heterocycles. The van der Waals surface area contributed by atoms with Crippen LogP contribution in [0.25, 0.3) is 11.0 Å². The third-order valence-electron chi connectivity index (χ3n) is 7.29. The Hall–Kier alpha value is -5.38. The van der Waals surface area contributed by atoms with E-state index in [4.69, 9.17) is 14.2 Å². The van der Waals surface area contributed by atoms with E-state index in [0.717, 1.165) is 16.6 Å². The van der Waals surface area contributed by atoms with E-state index in [-0.39, 0.29) is 19.0 Å². The van der Waals surface area contributed by atoms with Gasteiger partial charge >= 0.3 is 0 Å². The van der Waals surface area contributed by atoms with Gasteiger partial charge in [-0.1, -0.05) is 53.7 Å². The zero-order valence-corrected chi connectivity index (χ0v) is 24.5. The number of amides is 2. The molecule has 10 heteroatoms. The Labute approximate surface area is 249 Å². The van der Waals surface area contributed by atoms with E-state index >= 15 is 0 Å². The average Bonchev–Trinajstić information content (AvgIpc) is 3.44. The molecule has 5 aromatic rings. The molecule has 0 radical (unpaired) electrons. The highest BCUT2D eigenvalue weighted by atomic mass is 16.5. The Bertz CT molecular complexity index is 1730. The molecule has 43 heavy (non-hydrogen) atoms. The number of nitrogens with one attached hydrogen (secondary N) is 1. The van der Waals surface area contributed by atoms with Crippen molar-refractivity contribution in [3.63, 3.8) is 0 Å². The normalized spacial score (nSPS) is 11.5. The summed E-state index contributed by atoms with van der Waals surface area (Å²) in [7, 11) is 4.65. The van der Waals surface area contributed by atoms with Gasteiger partial charge in [0.05, 0.1) is 32.5 Å². The highest BCUT2D eigenvalue weighted by Crippen LogP contribution is 2.32. The first-order chi connectivity index (χ1) is 20.9. The number of rotatable bonds is 11. The van der Waals surface area contributed by atoms with Crippen molar-refractivity contribution < 1.29 is 23.8 Å². The van der Waals surface area contributed by atoms with E-state index in [1.165, 1.54) is 7.11 Å². The molecule has 4 aromatic carbocycles. The lowest BCUT2D eigenvalue weighted by Crippen LogP contribution is -2.42. The Morgan fingerprint density at radius 3 is 2.28 bits per heavy atom. The maximum Gasteiger partial charge on any atom is 0.251 e. The smallest absolute Gasteiger partial charge is 0.251 e. The quantitative estimate of drug-likeness (QED) is 0.230. The maximum atomic E-state index is 14.3. The van der Waals surface area contributed by atoms with Crippen LogP contribution < -0.4 is 19.5 Å². The van der Waals surface area contributed by atoms with E-state index in [9.17, 15) is 9.59 Å². The summed E-state index contributed by atoms with van der Waals surface area (Å²) in [5, 5.41) is 11.4. The van der Waals surface area contributed by atoms with Crippen LogP contribution >= 0.6 is 0 Å². The van der Waals surface area contributed by atoms with Gasteiger partial charge in [-0.15, -0.1) is 5.10 Å². The van der Waals surface area contributed by atoms with Crippen LogP contribution in [-0.4, -0.2) is 53.0 Å². The molecule has 1 N–H and O–H groups in total. The molecule has 0 aliphatic rings. The molecule has 0 spiro atoms. The van der Waals surface area contributed by atoms with Crippen LogP contribution in [0.5, 0.6) is 17.2 Å². The fourth-order valence-electron chi connectivity index (χ4n) is 4.91. The second-order valence-corrected chi connectivity index (χ2v) is 9.92. The van der Waals surface area contributed by atoms with Gasteiger partial charge in [0.1, 0.15) is 35.4 Å². The molecule has 1 unspecified atom stereocenters. The maximum absolute atomic E-state index is 14.3. The number of nitrogens with zero attached hydrogens (tertiary/aromatic N) is 4. The first-order valence-electron chi connectivity index (χ1n) is 13.7. The van der Waals surface area contributed by atoms with Crippen LogP contribution in [0.4, 0.5) is 5.69 Å². The molecule has 0 saturated heterocycles. The van der Waals surface area contributed by atoms with Gasteiger partial charge in [-0.2, -0.15) is 0 Å². The van der Waals surface area contributed by atoms with Crippen molar-refractivity contribution in [2.24, 2.45) is 0 Å². The summed E-state index contributed by atoms with van der Waals surface area (Å²) in [6, 6.07) is 26.4. The lowest BCUT2D eigenvalue weighted by molar-refractivity contribution is -0.140. The topological polar surface area (TPSA) is 108 Å². The summed E-state index contributed by atoms with van der Waals surface area (Å²) in [5.74, 6) is 0.909. The molecule has 0 saturated carbocycles. The summed E-state index contributed by atoms with van der Waals surface area (Å²) in [6.45, 7) is 2.05. The zero-order valence-electron chi connectivity index (χ0n) is 24.5. The minimum absolute atomic E-state index is 0.113. The van der Waals surface area contributed by atoms with Crippen LogP contribution in [0, 0.1) is 6.92 Å². The van der Waals surface area contributed by atoms with Crippen LogP contribution in [0.15, 0.2) is 91.0 Å². The van der Waals surface area contributed by atoms with Crippen LogP contribution in [0.2, 0.25) is 0 Å². The monoisotopic (exact) mass is 579 g/mol. The first-order valence-corrected chi connectivity index (χ1v) is 13.7. The summed E-state index contributed by atoms with van der Waals surface area (Å²) in [5.41, 5.74) is 4.36. The van der Waals surface area contributed by atoms with Crippen LogP contribution in [0.3, 0.4) is 0 Å². The second-order valence-electron chi connectivity index (χ2n) is 9.92. The summed E-state index contributed by atoms with van der Waals surface area (Å²) >= 11 is 0. The van der Waals surface area contributed by atoms with Gasteiger partial charge in [-0.25, -0.2) is 4.68 Å². The third-order valence-corrected chi connectivity index (χ3v) is 7.29. The molecule has 1 aromatic heterocycles. The van der Waals surface area contributed by atoms with Crippen molar-refractivity contribution in [3.8, 4) is 17.2 Å². The third kappa shape index (κ3) is 6.43. The number of para-hydroxylation sites is 1. The number of carbonyl (C=O) groups excluding carboxylic acids is 2. The van der Waals surface area contributed by atoms with E-state index in [1.54, 1.807) is 66.3 Å². The van der Waals surface area contributed by atoms with E-state index in [1.807, 2.05) is 55.5 Å². The molecule has 5 rings (SSSR count). The molecular weight excluding hydrogens is 546 g/mol. The van der Waals surface area contributed by atoms with Crippen molar-refractivity contribution in [1.29, 1.82) is 0 Å². The number of hydrogen-bond donors (Lipinski definition) is 1. The number of methoxy groups -OCH3 is 3. The minimum Gasteiger partial charge on any atom is -0.497 e. The number of aryl methyl sites for hydroxylation is 1. The number of anilines is 1. The fraction of sp³-hybridized carbons (Fsp3) is 0.212. The lowest BCUT2D eigenvalue weighted by atomic mass is 10.0. The first kappa shape index (κ1) is 29.1. The second kappa shape index (κ2) is 13.1. The number of aromatic nitrogens is 3. The van der Waals surface area contributed by atoms with Gasteiger partial charge in [-0.05, 0) is 60.0 Å². The molecular formula is C33H33N5O5. The number of hydrogen-bond acceptors (Lipinski definition) is 7. The van der Waals surface area contributed by atoms with Gasteiger partial charge in [-0.3, -0.25) is 9.59 Å². The number of carbonyl (C=O) groups is 2. The predicted octanol–water partition coefficient (Wildman–Crippen LogP) is 5.17. The summed E-state index contributed by atoms with van der Waals surface area (Å²) < 4.78 is 17.7. The molecule has 220 valence electrons. The molecule has 1 heterocycles. The van der Waals surface area contributed by atoms with E-state index < -0.39 is 11.9 Å². The van der Waals surface area contributed by atoms with Gasteiger partial charge in [0.25, 0.3) is 5.91 Å². The Morgan fingerprint density at radius 1 is 0.860 bits per heavy atom. The van der Waals surface area contributed by atoms with Crippen molar-refractivity contribution in [2.45, 2.75) is 26.1 Å². The fourth-order valence-corrected chi connectivity index (χ4v) is 4.91. The number of benzene rings is 4. The Balaban J connectivity index is 1.58. The lowest BCUT2D eigenvalue weighted by Gasteiger charge is -2.32. The molecule has 0 aliphatic carbocycles. The van der Waals surface area contributed by atoms with Gasteiger partial charge < -0.3 is 24.4 Å². The van der Waals surface area contributed by atoms with Crippen molar-refractivity contribution in [1.82, 2.24) is 19.9 Å². The van der Waals surface area contributed by atoms with Crippen molar-refractivity contribution in [2.75, 3.05) is 26.6 Å². The largest absolute Gasteiger partial charge is 0.497 e. The Morgan fingerprint density at radius 2 is 1.56 bits per heavy atom. The highest BCUT2D eigenvalue weighted by Gasteiger charge is 2.33. The van der Waals surface area contributed by atoms with Gasteiger partial charge in [0.2, 0.25) is 5.91 Å². The molecule has 2 amide bonds. The van der Waals surface area contributed by atoms with Crippen LogP contribution in [0.1, 0.15) is 22.7 Å². The molecule has 0 bridgehead atoms.